The lowest BCUT2D eigenvalue weighted by Crippen LogP contribution is -2.44. The van der Waals surface area contributed by atoms with Gasteiger partial charge in [0.2, 0.25) is 5.91 Å². The molecular formula is C28H35N3O3S. The average molecular weight is 494 g/mol. The fourth-order valence-electron chi connectivity index (χ4n) is 3.76. The van der Waals surface area contributed by atoms with Gasteiger partial charge in [-0.1, -0.05) is 49.4 Å². The third-order valence-electron chi connectivity index (χ3n) is 5.85. The molecule has 0 radical (unpaired) electrons. The number of carbonyl (C=O) groups is 2. The lowest BCUT2D eigenvalue weighted by atomic mass is 10.1. The van der Waals surface area contributed by atoms with Crippen LogP contribution in [0.15, 0.2) is 66.0 Å². The van der Waals surface area contributed by atoms with E-state index in [4.69, 9.17) is 4.74 Å². The minimum absolute atomic E-state index is 0.000270. The van der Waals surface area contributed by atoms with E-state index in [-0.39, 0.29) is 18.5 Å². The summed E-state index contributed by atoms with van der Waals surface area (Å²) < 4.78 is 5.18. The molecule has 0 spiro atoms. The molecule has 3 amide bonds. The number of thiophene rings is 1. The summed E-state index contributed by atoms with van der Waals surface area (Å²) in [5.41, 5.74) is 4.10. The van der Waals surface area contributed by atoms with Crippen molar-refractivity contribution in [3.05, 3.63) is 87.6 Å². The second-order valence-electron chi connectivity index (χ2n) is 8.51. The van der Waals surface area contributed by atoms with Gasteiger partial charge in [-0.15, -0.1) is 11.3 Å². The van der Waals surface area contributed by atoms with Crippen LogP contribution in [0.25, 0.3) is 0 Å². The Hall–Kier alpha value is -3.16. The zero-order chi connectivity index (χ0) is 25.0. The van der Waals surface area contributed by atoms with E-state index >= 15 is 0 Å². The summed E-state index contributed by atoms with van der Waals surface area (Å²) >= 11 is 1.65. The highest BCUT2D eigenvalue weighted by Crippen LogP contribution is 2.20. The lowest BCUT2D eigenvalue weighted by molar-refractivity contribution is -0.133. The number of urea groups is 1. The third kappa shape index (κ3) is 8.23. The summed E-state index contributed by atoms with van der Waals surface area (Å²) in [4.78, 5) is 31.3. The summed E-state index contributed by atoms with van der Waals surface area (Å²) in [6.07, 6.45) is 1.53. The third-order valence-corrected chi connectivity index (χ3v) is 6.86. The smallest absolute Gasteiger partial charge is 0.322 e. The summed E-state index contributed by atoms with van der Waals surface area (Å²) in [6.45, 7) is 6.09. The first-order valence-electron chi connectivity index (χ1n) is 12.0. The highest BCUT2D eigenvalue weighted by Gasteiger charge is 2.22. The van der Waals surface area contributed by atoms with Crippen molar-refractivity contribution in [3.63, 3.8) is 0 Å². The Morgan fingerprint density at radius 2 is 1.74 bits per heavy atom. The number of hydrogen-bond donors (Lipinski definition) is 1. The first kappa shape index (κ1) is 26.4. The van der Waals surface area contributed by atoms with E-state index in [0.29, 0.717) is 32.7 Å². The van der Waals surface area contributed by atoms with Crippen LogP contribution in [-0.4, -0.2) is 48.5 Å². The van der Waals surface area contributed by atoms with Crippen LogP contribution in [0.4, 0.5) is 10.5 Å². The quantitative estimate of drug-likeness (QED) is 0.328. The van der Waals surface area contributed by atoms with Gasteiger partial charge in [-0.3, -0.25) is 4.79 Å². The predicted octanol–water partition coefficient (Wildman–Crippen LogP) is 5.72. The molecule has 1 N–H and O–H groups in total. The molecule has 0 saturated carbocycles. The molecule has 0 fully saturated rings. The molecule has 0 aliphatic carbocycles. The minimum Gasteiger partial charge on any atom is -0.385 e. The van der Waals surface area contributed by atoms with E-state index in [1.807, 2.05) is 64.9 Å². The van der Waals surface area contributed by atoms with E-state index in [9.17, 15) is 9.59 Å². The number of carbonyl (C=O) groups excluding carboxylic acids is 2. The summed E-state index contributed by atoms with van der Waals surface area (Å²) in [5.74, 6) is -0.0865. The average Bonchev–Trinajstić information content (AvgIpc) is 3.27. The zero-order valence-corrected chi connectivity index (χ0v) is 21.6. The van der Waals surface area contributed by atoms with Gasteiger partial charge in [0.25, 0.3) is 0 Å². The van der Waals surface area contributed by atoms with E-state index in [0.717, 1.165) is 28.1 Å². The topological polar surface area (TPSA) is 61.9 Å². The van der Waals surface area contributed by atoms with Crippen LogP contribution in [0.1, 0.15) is 34.9 Å². The Kier molecular flexibility index (Phi) is 10.3. The maximum Gasteiger partial charge on any atom is 0.322 e. The van der Waals surface area contributed by atoms with Crippen LogP contribution in [-0.2, 0) is 29.0 Å². The number of aryl methyl sites for hydroxylation is 2. The molecule has 0 aliphatic rings. The van der Waals surface area contributed by atoms with Crippen molar-refractivity contribution in [1.82, 2.24) is 9.80 Å². The molecule has 0 atom stereocenters. The van der Waals surface area contributed by atoms with Gasteiger partial charge in [0.1, 0.15) is 6.54 Å². The molecular weight excluding hydrogens is 458 g/mol. The van der Waals surface area contributed by atoms with Gasteiger partial charge < -0.3 is 19.9 Å². The van der Waals surface area contributed by atoms with Gasteiger partial charge in [-0.05, 0) is 60.0 Å². The lowest BCUT2D eigenvalue weighted by Gasteiger charge is -2.28. The molecule has 3 aromatic rings. The van der Waals surface area contributed by atoms with Gasteiger partial charge in [0, 0.05) is 37.4 Å². The van der Waals surface area contributed by atoms with Crippen molar-refractivity contribution < 1.29 is 14.3 Å². The minimum atomic E-state index is -0.283. The molecule has 0 saturated heterocycles. The van der Waals surface area contributed by atoms with Crippen molar-refractivity contribution in [2.24, 2.45) is 0 Å². The molecule has 35 heavy (non-hydrogen) atoms. The van der Waals surface area contributed by atoms with Crippen molar-refractivity contribution in [2.45, 2.75) is 39.8 Å². The number of rotatable bonds is 12. The molecule has 2 aromatic carbocycles. The van der Waals surface area contributed by atoms with Crippen LogP contribution in [0.2, 0.25) is 0 Å². The fraction of sp³-hybridized carbons (Fsp3) is 0.357. The van der Waals surface area contributed by atoms with Crippen LogP contribution in [0, 0.1) is 6.92 Å². The molecule has 0 unspecified atom stereocenters. The molecule has 6 nitrogen and oxygen atoms in total. The second kappa shape index (κ2) is 13.7. The van der Waals surface area contributed by atoms with Crippen molar-refractivity contribution in [3.8, 4) is 0 Å². The van der Waals surface area contributed by atoms with Gasteiger partial charge in [-0.25, -0.2) is 4.79 Å². The van der Waals surface area contributed by atoms with Crippen LogP contribution >= 0.6 is 11.3 Å². The Morgan fingerprint density at radius 1 is 0.971 bits per heavy atom. The standard InChI is InChI=1S/C28H35N3O3S/c1-4-23-12-8-13-25(18-23)29-28(33)30(15-9-16-34-3)21-27(32)31(19-24-10-6-5-7-11-24)20-26-22(2)14-17-35-26/h5-8,10-14,17-18H,4,9,15-16,19-21H2,1-3H3,(H,29,33). The Labute approximate surface area is 212 Å². The SMILES string of the molecule is CCc1cccc(NC(=O)N(CCCOC)CC(=O)N(Cc2ccccc2)Cc2sccc2C)c1. The first-order valence-corrected chi connectivity index (χ1v) is 12.9. The van der Waals surface area contributed by atoms with E-state index in [2.05, 4.69) is 25.2 Å². The maximum atomic E-state index is 13.6. The Balaban J connectivity index is 1.76. The predicted molar refractivity (Wildman–Crippen MR) is 143 cm³/mol. The van der Waals surface area contributed by atoms with Crippen LogP contribution < -0.4 is 5.32 Å². The molecule has 3 rings (SSSR count). The van der Waals surface area contributed by atoms with Gasteiger partial charge in [0.05, 0.1) is 6.54 Å². The molecule has 0 bridgehead atoms. The van der Waals surface area contributed by atoms with E-state index < -0.39 is 0 Å². The zero-order valence-electron chi connectivity index (χ0n) is 20.8. The molecule has 186 valence electrons. The second-order valence-corrected chi connectivity index (χ2v) is 9.51. The van der Waals surface area contributed by atoms with E-state index in [1.54, 1.807) is 23.3 Å². The number of benzene rings is 2. The molecule has 0 aliphatic heterocycles. The monoisotopic (exact) mass is 493 g/mol. The number of methoxy groups -OCH3 is 1. The Bertz CT molecular complexity index is 1080. The van der Waals surface area contributed by atoms with E-state index in [1.165, 1.54) is 5.56 Å². The normalized spacial score (nSPS) is 10.7. The highest BCUT2D eigenvalue weighted by atomic mass is 32.1. The summed E-state index contributed by atoms with van der Waals surface area (Å²) in [7, 11) is 1.64. The van der Waals surface area contributed by atoms with Gasteiger partial charge in [-0.2, -0.15) is 0 Å². The number of nitrogens with one attached hydrogen (secondary N) is 1. The number of hydrogen-bond acceptors (Lipinski definition) is 4. The van der Waals surface area contributed by atoms with Crippen molar-refractivity contribution in [2.75, 3.05) is 32.1 Å². The number of ether oxygens (including phenoxy) is 1. The highest BCUT2D eigenvalue weighted by molar-refractivity contribution is 7.10. The summed E-state index contributed by atoms with van der Waals surface area (Å²) in [6, 6.07) is 19.5. The van der Waals surface area contributed by atoms with Crippen LogP contribution in [0.5, 0.6) is 0 Å². The van der Waals surface area contributed by atoms with Gasteiger partial charge in [0.15, 0.2) is 0 Å². The Morgan fingerprint density at radius 3 is 2.43 bits per heavy atom. The largest absolute Gasteiger partial charge is 0.385 e. The number of nitrogens with zero attached hydrogens (tertiary/aromatic N) is 2. The molecule has 7 heteroatoms. The molecule has 1 heterocycles. The first-order chi connectivity index (χ1) is 17.0. The van der Waals surface area contributed by atoms with Crippen molar-refractivity contribution >= 4 is 29.0 Å². The van der Waals surface area contributed by atoms with Gasteiger partial charge >= 0.3 is 6.03 Å². The van der Waals surface area contributed by atoms with Crippen molar-refractivity contribution in [1.29, 1.82) is 0 Å². The molecule has 1 aromatic heterocycles. The number of amides is 3. The van der Waals surface area contributed by atoms with Crippen LogP contribution in [0.3, 0.4) is 0 Å². The maximum absolute atomic E-state index is 13.6. The summed E-state index contributed by atoms with van der Waals surface area (Å²) in [5, 5.41) is 5.02. The number of anilines is 1. The fourth-order valence-corrected chi connectivity index (χ4v) is 4.68.